The van der Waals surface area contributed by atoms with Gasteiger partial charge in [0.2, 0.25) is 0 Å². The summed E-state index contributed by atoms with van der Waals surface area (Å²) in [5.41, 5.74) is 1.74. The fourth-order valence-electron chi connectivity index (χ4n) is 1.49. The number of ether oxygens (including phenoxy) is 1. The van der Waals surface area contributed by atoms with E-state index in [1.807, 2.05) is 6.07 Å². The van der Waals surface area contributed by atoms with Crippen LogP contribution in [0.2, 0.25) is 0 Å². The van der Waals surface area contributed by atoms with Gasteiger partial charge in [0.15, 0.2) is 0 Å². The van der Waals surface area contributed by atoms with Crippen molar-refractivity contribution in [2.75, 3.05) is 7.11 Å². The van der Waals surface area contributed by atoms with Gasteiger partial charge in [-0.05, 0) is 12.1 Å². The Morgan fingerprint density at radius 1 is 1.47 bits per heavy atom. The van der Waals surface area contributed by atoms with E-state index in [0.29, 0.717) is 16.9 Å². The SMILES string of the molecule is COC(=O)c1ccccc1-n1nncc1CCl. The van der Waals surface area contributed by atoms with E-state index < -0.39 is 5.97 Å². The lowest BCUT2D eigenvalue weighted by atomic mass is 10.2. The Morgan fingerprint density at radius 2 is 2.24 bits per heavy atom. The number of hydrogen-bond donors (Lipinski definition) is 0. The molecular formula is C11H10ClN3O2. The van der Waals surface area contributed by atoms with Crippen molar-refractivity contribution in [1.82, 2.24) is 15.0 Å². The molecule has 6 heteroatoms. The monoisotopic (exact) mass is 251 g/mol. The van der Waals surface area contributed by atoms with Crippen molar-refractivity contribution < 1.29 is 9.53 Å². The number of methoxy groups -OCH3 is 1. The van der Waals surface area contributed by atoms with E-state index in [1.165, 1.54) is 11.8 Å². The maximum Gasteiger partial charge on any atom is 0.340 e. The third kappa shape index (κ3) is 2.14. The molecule has 0 aliphatic carbocycles. The molecule has 0 saturated heterocycles. The first kappa shape index (κ1) is 11.6. The summed E-state index contributed by atoms with van der Waals surface area (Å²) >= 11 is 5.77. The average Bonchev–Trinajstić information content (AvgIpc) is 2.86. The first-order valence-corrected chi connectivity index (χ1v) is 5.44. The van der Waals surface area contributed by atoms with Gasteiger partial charge >= 0.3 is 5.97 Å². The van der Waals surface area contributed by atoms with Crippen LogP contribution in [0, 0.1) is 0 Å². The van der Waals surface area contributed by atoms with Crippen LogP contribution in [0.25, 0.3) is 5.69 Å². The highest BCUT2D eigenvalue weighted by Crippen LogP contribution is 2.17. The zero-order valence-electron chi connectivity index (χ0n) is 9.13. The summed E-state index contributed by atoms with van der Waals surface area (Å²) < 4.78 is 6.24. The van der Waals surface area contributed by atoms with Gasteiger partial charge in [-0.25, -0.2) is 9.48 Å². The third-order valence-electron chi connectivity index (χ3n) is 2.29. The largest absolute Gasteiger partial charge is 0.465 e. The Hall–Kier alpha value is -1.88. The molecule has 0 N–H and O–H groups in total. The van der Waals surface area contributed by atoms with E-state index in [1.54, 1.807) is 24.4 Å². The molecule has 0 spiro atoms. The molecule has 5 nitrogen and oxygen atoms in total. The van der Waals surface area contributed by atoms with Crippen LogP contribution in [-0.2, 0) is 10.6 Å². The molecule has 0 aliphatic rings. The van der Waals surface area contributed by atoms with Gasteiger partial charge in [-0.15, -0.1) is 16.7 Å². The lowest BCUT2D eigenvalue weighted by Crippen LogP contribution is -2.10. The number of aromatic nitrogens is 3. The Kier molecular flexibility index (Phi) is 3.39. The fraction of sp³-hybridized carbons (Fsp3) is 0.182. The first-order valence-electron chi connectivity index (χ1n) is 4.91. The van der Waals surface area contributed by atoms with Gasteiger partial charge in [0.05, 0.1) is 36.1 Å². The molecule has 1 aromatic carbocycles. The Bertz CT molecular complexity index is 539. The van der Waals surface area contributed by atoms with Gasteiger partial charge in [0.25, 0.3) is 0 Å². The van der Waals surface area contributed by atoms with Crippen molar-refractivity contribution in [3.63, 3.8) is 0 Å². The Balaban J connectivity index is 2.56. The van der Waals surface area contributed by atoms with E-state index in [-0.39, 0.29) is 5.88 Å². The van der Waals surface area contributed by atoms with Gasteiger partial charge in [0.1, 0.15) is 0 Å². The van der Waals surface area contributed by atoms with Crippen molar-refractivity contribution in [2.24, 2.45) is 0 Å². The maximum absolute atomic E-state index is 11.6. The standard InChI is InChI=1S/C11H10ClN3O2/c1-17-11(16)9-4-2-3-5-10(9)15-8(6-12)7-13-14-15/h2-5,7H,6H2,1H3. The summed E-state index contributed by atoms with van der Waals surface area (Å²) in [6.07, 6.45) is 1.56. The minimum absolute atomic E-state index is 0.266. The van der Waals surface area contributed by atoms with E-state index in [9.17, 15) is 4.79 Å². The highest BCUT2D eigenvalue weighted by molar-refractivity contribution is 6.16. The quantitative estimate of drug-likeness (QED) is 0.617. The highest BCUT2D eigenvalue weighted by atomic mass is 35.5. The van der Waals surface area contributed by atoms with Gasteiger partial charge in [-0.1, -0.05) is 17.3 Å². The second-order valence-corrected chi connectivity index (χ2v) is 3.55. The topological polar surface area (TPSA) is 57.0 Å². The second-order valence-electron chi connectivity index (χ2n) is 3.28. The predicted octanol–water partition coefficient (Wildman–Crippen LogP) is 1.79. The first-order chi connectivity index (χ1) is 8.27. The van der Waals surface area contributed by atoms with E-state index in [2.05, 4.69) is 10.3 Å². The minimum Gasteiger partial charge on any atom is -0.465 e. The number of esters is 1. The maximum atomic E-state index is 11.6. The molecule has 2 rings (SSSR count). The number of hydrogen-bond acceptors (Lipinski definition) is 4. The number of benzene rings is 1. The molecule has 1 aromatic heterocycles. The fourth-order valence-corrected chi connectivity index (χ4v) is 1.67. The number of para-hydroxylation sites is 1. The average molecular weight is 252 g/mol. The zero-order valence-corrected chi connectivity index (χ0v) is 9.89. The van der Waals surface area contributed by atoms with E-state index in [4.69, 9.17) is 16.3 Å². The Morgan fingerprint density at radius 3 is 2.94 bits per heavy atom. The van der Waals surface area contributed by atoms with Crippen LogP contribution in [-0.4, -0.2) is 28.1 Å². The highest BCUT2D eigenvalue weighted by Gasteiger charge is 2.15. The minimum atomic E-state index is -0.420. The molecule has 0 bridgehead atoms. The number of halogens is 1. The van der Waals surface area contributed by atoms with Gasteiger partial charge < -0.3 is 4.74 Å². The number of alkyl halides is 1. The molecule has 0 radical (unpaired) electrons. The summed E-state index contributed by atoms with van der Waals surface area (Å²) in [6, 6.07) is 6.99. The Labute approximate surface area is 103 Å². The summed E-state index contributed by atoms with van der Waals surface area (Å²) in [6.45, 7) is 0. The number of rotatable bonds is 3. The van der Waals surface area contributed by atoms with Crippen molar-refractivity contribution in [3.8, 4) is 5.69 Å². The van der Waals surface area contributed by atoms with Crippen molar-refractivity contribution in [3.05, 3.63) is 41.7 Å². The normalized spacial score (nSPS) is 10.2. The van der Waals surface area contributed by atoms with Crippen molar-refractivity contribution in [1.29, 1.82) is 0 Å². The van der Waals surface area contributed by atoms with Crippen LogP contribution in [0.3, 0.4) is 0 Å². The summed E-state index contributed by atoms with van der Waals surface area (Å²) in [5, 5.41) is 7.68. The second kappa shape index (κ2) is 4.97. The molecular weight excluding hydrogens is 242 g/mol. The molecule has 0 amide bonds. The van der Waals surface area contributed by atoms with Gasteiger partial charge in [-0.2, -0.15) is 0 Å². The molecule has 2 aromatic rings. The van der Waals surface area contributed by atoms with Crippen LogP contribution >= 0.6 is 11.6 Å². The summed E-state index contributed by atoms with van der Waals surface area (Å²) in [7, 11) is 1.34. The molecule has 88 valence electrons. The summed E-state index contributed by atoms with van der Waals surface area (Å²) in [5.74, 6) is -0.153. The van der Waals surface area contributed by atoms with Gasteiger partial charge in [0, 0.05) is 0 Å². The van der Waals surface area contributed by atoms with Crippen LogP contribution in [0.4, 0.5) is 0 Å². The molecule has 0 unspecified atom stereocenters. The zero-order chi connectivity index (χ0) is 12.3. The molecule has 0 saturated carbocycles. The van der Waals surface area contributed by atoms with Crippen molar-refractivity contribution in [2.45, 2.75) is 5.88 Å². The molecule has 0 aliphatic heterocycles. The third-order valence-corrected chi connectivity index (χ3v) is 2.57. The lowest BCUT2D eigenvalue weighted by molar-refractivity contribution is 0.0600. The molecule has 0 atom stereocenters. The van der Waals surface area contributed by atoms with Crippen LogP contribution in [0.5, 0.6) is 0 Å². The smallest absolute Gasteiger partial charge is 0.340 e. The number of carbonyl (C=O) groups excluding carboxylic acids is 1. The number of nitrogens with zero attached hydrogens (tertiary/aromatic N) is 3. The lowest BCUT2D eigenvalue weighted by Gasteiger charge is -2.08. The van der Waals surface area contributed by atoms with E-state index >= 15 is 0 Å². The molecule has 1 heterocycles. The molecule has 0 fully saturated rings. The number of carbonyl (C=O) groups is 1. The van der Waals surface area contributed by atoms with Crippen LogP contribution in [0.15, 0.2) is 30.5 Å². The van der Waals surface area contributed by atoms with Crippen LogP contribution in [0.1, 0.15) is 16.1 Å². The van der Waals surface area contributed by atoms with Crippen LogP contribution < -0.4 is 0 Å². The van der Waals surface area contributed by atoms with E-state index in [0.717, 1.165) is 0 Å². The predicted molar refractivity (Wildman–Crippen MR) is 62.3 cm³/mol. The summed E-state index contributed by atoms with van der Waals surface area (Å²) in [4.78, 5) is 11.6. The van der Waals surface area contributed by atoms with Crippen molar-refractivity contribution >= 4 is 17.6 Å². The molecule has 17 heavy (non-hydrogen) atoms. The van der Waals surface area contributed by atoms with Gasteiger partial charge in [-0.3, -0.25) is 0 Å².